The van der Waals surface area contributed by atoms with E-state index < -0.39 is 0 Å². The maximum Gasteiger partial charge on any atom is 0.0497 e. The van der Waals surface area contributed by atoms with Crippen LogP contribution in [0.25, 0.3) is 0 Å². The summed E-state index contributed by atoms with van der Waals surface area (Å²) in [6.45, 7) is 8.66. The predicted octanol–water partition coefficient (Wildman–Crippen LogP) is 5.61. The SMILES string of the molecule is Cc1ccc(NC(C)c2cc(C)sc2C)c(Br)c1. The Bertz CT molecular complexity index is 560. The summed E-state index contributed by atoms with van der Waals surface area (Å²) in [6, 6.07) is 9.00. The largest absolute Gasteiger partial charge is 0.378 e. The Morgan fingerprint density at radius 2 is 1.89 bits per heavy atom. The molecule has 2 rings (SSSR count). The first kappa shape index (κ1) is 13.6. The van der Waals surface area contributed by atoms with E-state index in [0.29, 0.717) is 6.04 Å². The fraction of sp³-hybridized carbons (Fsp3) is 0.333. The van der Waals surface area contributed by atoms with Crippen LogP contribution in [0.15, 0.2) is 28.7 Å². The van der Waals surface area contributed by atoms with Crippen LogP contribution in [-0.4, -0.2) is 0 Å². The number of hydrogen-bond acceptors (Lipinski definition) is 2. The average molecular weight is 324 g/mol. The van der Waals surface area contributed by atoms with Gasteiger partial charge in [-0.3, -0.25) is 0 Å². The highest BCUT2D eigenvalue weighted by Crippen LogP contribution is 2.31. The molecule has 1 aromatic carbocycles. The monoisotopic (exact) mass is 323 g/mol. The minimum absolute atomic E-state index is 0.328. The lowest BCUT2D eigenvalue weighted by Gasteiger charge is -2.17. The Hall–Kier alpha value is -0.800. The molecule has 1 aromatic heterocycles. The standard InChI is InChI=1S/C15H18BrNS/c1-9-5-6-15(14(16)7-9)17-11(3)13-8-10(2)18-12(13)4/h5-8,11,17H,1-4H3. The molecule has 0 aliphatic rings. The van der Waals surface area contributed by atoms with Gasteiger partial charge in [0.1, 0.15) is 0 Å². The number of nitrogens with one attached hydrogen (secondary N) is 1. The van der Waals surface area contributed by atoms with E-state index in [1.165, 1.54) is 20.9 Å². The Labute approximate surface area is 121 Å². The van der Waals surface area contributed by atoms with Gasteiger partial charge in [-0.1, -0.05) is 6.07 Å². The molecule has 0 aliphatic heterocycles. The van der Waals surface area contributed by atoms with E-state index in [4.69, 9.17) is 0 Å². The van der Waals surface area contributed by atoms with Crippen LogP contribution in [0, 0.1) is 20.8 Å². The predicted molar refractivity (Wildman–Crippen MR) is 84.7 cm³/mol. The normalized spacial score (nSPS) is 12.5. The second kappa shape index (κ2) is 5.45. The maximum absolute atomic E-state index is 3.61. The molecular weight excluding hydrogens is 306 g/mol. The van der Waals surface area contributed by atoms with Crippen LogP contribution in [0.2, 0.25) is 0 Å². The van der Waals surface area contributed by atoms with Crippen LogP contribution in [0.5, 0.6) is 0 Å². The summed E-state index contributed by atoms with van der Waals surface area (Å²) in [4.78, 5) is 2.77. The van der Waals surface area contributed by atoms with Gasteiger partial charge < -0.3 is 5.32 Å². The van der Waals surface area contributed by atoms with Gasteiger partial charge in [0.15, 0.2) is 0 Å². The summed E-state index contributed by atoms with van der Waals surface area (Å²) in [7, 11) is 0. The molecule has 0 fully saturated rings. The van der Waals surface area contributed by atoms with E-state index in [1.54, 1.807) is 0 Å². The minimum Gasteiger partial charge on any atom is -0.378 e. The summed E-state index contributed by atoms with van der Waals surface area (Å²) < 4.78 is 1.12. The van der Waals surface area contributed by atoms with E-state index in [0.717, 1.165) is 10.2 Å². The third-order valence-corrected chi connectivity index (χ3v) is 4.68. The van der Waals surface area contributed by atoms with Gasteiger partial charge in [0.05, 0.1) is 0 Å². The quantitative estimate of drug-likeness (QED) is 0.774. The molecule has 1 heterocycles. The van der Waals surface area contributed by atoms with Crippen molar-refractivity contribution in [2.45, 2.75) is 33.7 Å². The Morgan fingerprint density at radius 1 is 1.17 bits per heavy atom. The minimum atomic E-state index is 0.328. The van der Waals surface area contributed by atoms with Gasteiger partial charge in [-0.25, -0.2) is 0 Å². The number of anilines is 1. The maximum atomic E-state index is 3.61. The molecule has 0 amide bonds. The van der Waals surface area contributed by atoms with E-state index in [9.17, 15) is 0 Å². The van der Waals surface area contributed by atoms with Crippen molar-refractivity contribution < 1.29 is 0 Å². The van der Waals surface area contributed by atoms with Crippen molar-refractivity contribution in [2.24, 2.45) is 0 Å². The van der Waals surface area contributed by atoms with Gasteiger partial charge in [-0.05, 0) is 73.0 Å². The van der Waals surface area contributed by atoms with Crippen molar-refractivity contribution in [1.82, 2.24) is 0 Å². The first-order chi connectivity index (χ1) is 8.47. The Balaban J connectivity index is 2.21. The van der Waals surface area contributed by atoms with Crippen LogP contribution in [0.4, 0.5) is 5.69 Å². The Morgan fingerprint density at radius 3 is 2.44 bits per heavy atom. The molecule has 2 aromatic rings. The highest BCUT2D eigenvalue weighted by Gasteiger charge is 2.12. The zero-order valence-corrected chi connectivity index (χ0v) is 13.6. The van der Waals surface area contributed by atoms with Gasteiger partial charge in [0.2, 0.25) is 0 Å². The molecule has 0 saturated carbocycles. The number of thiophene rings is 1. The van der Waals surface area contributed by atoms with E-state index >= 15 is 0 Å². The molecular formula is C15H18BrNS. The second-order valence-corrected chi connectivity index (χ2v) is 7.03. The van der Waals surface area contributed by atoms with Crippen LogP contribution in [0.3, 0.4) is 0 Å². The third-order valence-electron chi connectivity index (χ3n) is 3.04. The van der Waals surface area contributed by atoms with Crippen molar-refractivity contribution in [1.29, 1.82) is 0 Å². The van der Waals surface area contributed by atoms with Crippen molar-refractivity contribution in [3.05, 3.63) is 49.6 Å². The first-order valence-corrected chi connectivity index (χ1v) is 7.68. The highest BCUT2D eigenvalue weighted by molar-refractivity contribution is 9.10. The average Bonchev–Trinajstić information content (AvgIpc) is 2.62. The number of aryl methyl sites for hydroxylation is 3. The molecule has 0 aliphatic carbocycles. The van der Waals surface area contributed by atoms with Crippen molar-refractivity contribution in [2.75, 3.05) is 5.32 Å². The lowest BCUT2D eigenvalue weighted by molar-refractivity contribution is 0.880. The third kappa shape index (κ3) is 2.96. The van der Waals surface area contributed by atoms with E-state index in [2.05, 4.69) is 73.2 Å². The van der Waals surface area contributed by atoms with Crippen molar-refractivity contribution in [3.63, 3.8) is 0 Å². The number of halogens is 1. The fourth-order valence-corrected chi connectivity index (χ4v) is 3.76. The number of benzene rings is 1. The molecule has 0 radical (unpaired) electrons. The molecule has 0 bridgehead atoms. The molecule has 0 saturated heterocycles. The van der Waals surface area contributed by atoms with Crippen molar-refractivity contribution in [3.8, 4) is 0 Å². The van der Waals surface area contributed by atoms with Crippen LogP contribution in [-0.2, 0) is 0 Å². The molecule has 0 spiro atoms. The van der Waals surface area contributed by atoms with E-state index in [1.807, 2.05) is 11.3 Å². The summed E-state index contributed by atoms with van der Waals surface area (Å²) in [5.41, 5.74) is 3.81. The molecule has 18 heavy (non-hydrogen) atoms. The molecule has 1 N–H and O–H groups in total. The van der Waals surface area contributed by atoms with Gasteiger partial charge in [-0.15, -0.1) is 11.3 Å². The zero-order valence-electron chi connectivity index (χ0n) is 11.2. The lowest BCUT2D eigenvalue weighted by atomic mass is 10.1. The summed E-state index contributed by atoms with van der Waals surface area (Å²) in [5.74, 6) is 0. The second-order valence-electron chi connectivity index (χ2n) is 4.72. The zero-order chi connectivity index (χ0) is 13.3. The highest BCUT2D eigenvalue weighted by atomic mass is 79.9. The lowest BCUT2D eigenvalue weighted by Crippen LogP contribution is -2.07. The van der Waals surface area contributed by atoms with Gasteiger partial charge in [0.25, 0.3) is 0 Å². The fourth-order valence-electron chi connectivity index (χ4n) is 2.13. The molecule has 1 atom stereocenters. The smallest absolute Gasteiger partial charge is 0.0497 e. The van der Waals surface area contributed by atoms with Gasteiger partial charge in [0, 0.05) is 26.0 Å². The number of hydrogen-bond donors (Lipinski definition) is 1. The van der Waals surface area contributed by atoms with Gasteiger partial charge in [-0.2, -0.15) is 0 Å². The molecule has 1 unspecified atom stereocenters. The summed E-state index contributed by atoms with van der Waals surface area (Å²) in [6.07, 6.45) is 0. The Kier molecular flexibility index (Phi) is 4.13. The topological polar surface area (TPSA) is 12.0 Å². The summed E-state index contributed by atoms with van der Waals surface area (Å²) in [5, 5.41) is 3.57. The number of rotatable bonds is 3. The first-order valence-electron chi connectivity index (χ1n) is 6.07. The molecule has 96 valence electrons. The van der Waals surface area contributed by atoms with E-state index in [-0.39, 0.29) is 0 Å². The van der Waals surface area contributed by atoms with Crippen molar-refractivity contribution >= 4 is 33.0 Å². The molecule has 1 nitrogen and oxygen atoms in total. The van der Waals surface area contributed by atoms with Crippen LogP contribution >= 0.6 is 27.3 Å². The van der Waals surface area contributed by atoms with Crippen LogP contribution in [0.1, 0.15) is 33.8 Å². The molecule has 3 heteroatoms. The summed E-state index contributed by atoms with van der Waals surface area (Å²) >= 11 is 5.48. The van der Waals surface area contributed by atoms with Gasteiger partial charge >= 0.3 is 0 Å². The van der Waals surface area contributed by atoms with Crippen LogP contribution < -0.4 is 5.32 Å².